The van der Waals surface area contributed by atoms with E-state index in [0.29, 0.717) is 35.1 Å². The first-order valence-electron chi connectivity index (χ1n) is 14.3. The van der Waals surface area contributed by atoms with Crippen LogP contribution >= 0.6 is 0 Å². The Kier molecular flexibility index (Phi) is 6.85. The highest BCUT2D eigenvalue weighted by Crippen LogP contribution is 2.35. The van der Waals surface area contributed by atoms with Gasteiger partial charge in [0.1, 0.15) is 0 Å². The summed E-state index contributed by atoms with van der Waals surface area (Å²) in [6.07, 6.45) is 5.76. The van der Waals surface area contributed by atoms with Crippen LogP contribution in [-0.2, 0) is 19.6 Å². The molecule has 1 aromatic carbocycles. The number of amides is 1. The number of carbonyl (C=O) groups excluding carboxylic acids is 1. The lowest BCUT2D eigenvalue weighted by Crippen LogP contribution is -2.44. The fraction of sp³-hybridized carbons (Fsp3) is 0.467. The summed E-state index contributed by atoms with van der Waals surface area (Å²) in [6.45, 7) is 8.85. The Labute approximate surface area is 239 Å². The molecule has 2 bridgehead atoms. The van der Waals surface area contributed by atoms with Gasteiger partial charge < -0.3 is 23.7 Å². The number of benzene rings is 1. The highest BCUT2D eigenvalue weighted by atomic mass is 16.5. The molecule has 1 saturated heterocycles. The highest BCUT2D eigenvalue weighted by Gasteiger charge is 2.29. The second-order valence-electron chi connectivity index (χ2n) is 11.9. The van der Waals surface area contributed by atoms with E-state index in [4.69, 9.17) is 9.72 Å². The van der Waals surface area contributed by atoms with Gasteiger partial charge in [-0.2, -0.15) is 5.10 Å². The van der Waals surface area contributed by atoms with E-state index >= 15 is 0 Å². The normalized spacial score (nSPS) is 18.2. The molecular formula is C30H38N8O3. The first-order valence-corrected chi connectivity index (χ1v) is 14.3. The topological polar surface area (TPSA) is 102 Å². The predicted molar refractivity (Wildman–Crippen MR) is 160 cm³/mol. The van der Waals surface area contributed by atoms with Crippen molar-refractivity contribution in [1.29, 1.82) is 0 Å². The van der Waals surface area contributed by atoms with Crippen molar-refractivity contribution in [3.05, 3.63) is 52.6 Å². The van der Waals surface area contributed by atoms with Crippen molar-refractivity contribution in [2.75, 3.05) is 50.1 Å². The Bertz CT molecular complexity index is 1670. The monoisotopic (exact) mass is 558 g/mol. The van der Waals surface area contributed by atoms with Gasteiger partial charge in [-0.25, -0.2) is 9.67 Å². The molecule has 0 aliphatic carbocycles. The van der Waals surface area contributed by atoms with Crippen LogP contribution < -0.4 is 20.5 Å². The highest BCUT2D eigenvalue weighted by molar-refractivity contribution is 6.04. The van der Waals surface area contributed by atoms with Gasteiger partial charge >= 0.3 is 0 Å². The molecule has 0 radical (unpaired) electrons. The average Bonchev–Trinajstić information content (AvgIpc) is 3.49. The largest absolute Gasteiger partial charge is 0.477 e. The molecule has 41 heavy (non-hydrogen) atoms. The molecule has 2 aliphatic heterocycles. The number of hydrogen-bond donors (Lipinski definition) is 1. The summed E-state index contributed by atoms with van der Waals surface area (Å²) in [5.41, 5.74) is 3.69. The number of nitrogens with one attached hydrogen (secondary N) is 1. The quantitative estimate of drug-likeness (QED) is 0.382. The Morgan fingerprint density at radius 2 is 1.76 bits per heavy atom. The van der Waals surface area contributed by atoms with Gasteiger partial charge in [-0.15, -0.1) is 0 Å². The molecule has 0 saturated carbocycles. The molecule has 11 heteroatoms. The third-order valence-electron chi connectivity index (χ3n) is 8.38. The standard InChI is InChI=1S/C30H38N8O3/c1-30(2)10-6-7-15-41-28-23(18-31-36(28)5)22-16-20(19-35(4)27(22)40)26(39)33-29-32-24-9-8-21(17-25(24)38(29)30)37-13-11-34(3)12-14-37/h8-9,16-19H,6-7,10-15H2,1-5H3,(H,32,33,39). The summed E-state index contributed by atoms with van der Waals surface area (Å²) in [6, 6.07) is 7.99. The van der Waals surface area contributed by atoms with Gasteiger partial charge in [0.15, 0.2) is 0 Å². The first-order chi connectivity index (χ1) is 19.6. The maximum Gasteiger partial charge on any atom is 0.259 e. The number of fused-ring (bicyclic) bond motifs is 7. The lowest BCUT2D eigenvalue weighted by molar-refractivity contribution is 0.102. The molecule has 1 amide bonds. The fourth-order valence-electron chi connectivity index (χ4n) is 5.95. The average molecular weight is 559 g/mol. The van der Waals surface area contributed by atoms with E-state index in [1.807, 2.05) is 6.07 Å². The summed E-state index contributed by atoms with van der Waals surface area (Å²) in [5, 5.41) is 7.42. The molecule has 3 aromatic heterocycles. The van der Waals surface area contributed by atoms with Crippen molar-refractivity contribution in [3.63, 3.8) is 0 Å². The molecule has 1 fully saturated rings. The molecule has 5 heterocycles. The second-order valence-corrected chi connectivity index (χ2v) is 11.9. The number of piperazine rings is 1. The minimum absolute atomic E-state index is 0.228. The van der Waals surface area contributed by atoms with Gasteiger partial charge in [0.05, 0.1) is 40.5 Å². The zero-order chi connectivity index (χ0) is 28.9. The van der Waals surface area contributed by atoms with Gasteiger partial charge in [-0.05, 0) is 64.4 Å². The molecule has 0 unspecified atom stereocenters. The molecule has 11 nitrogen and oxygen atoms in total. The van der Waals surface area contributed by atoms with Crippen LogP contribution in [0, 0.1) is 0 Å². The Balaban J connectivity index is 1.46. The Morgan fingerprint density at radius 1 is 0.976 bits per heavy atom. The maximum absolute atomic E-state index is 13.7. The van der Waals surface area contributed by atoms with Crippen molar-refractivity contribution >= 4 is 28.6 Å². The van der Waals surface area contributed by atoms with E-state index < -0.39 is 0 Å². The van der Waals surface area contributed by atoms with Gasteiger partial charge in [0.25, 0.3) is 11.5 Å². The molecular weight excluding hydrogens is 520 g/mol. The van der Waals surface area contributed by atoms with Crippen molar-refractivity contribution in [2.24, 2.45) is 14.1 Å². The van der Waals surface area contributed by atoms with Crippen molar-refractivity contribution < 1.29 is 9.53 Å². The first kappa shape index (κ1) is 27.1. The maximum atomic E-state index is 13.7. The molecule has 6 rings (SSSR count). The van der Waals surface area contributed by atoms with E-state index in [-0.39, 0.29) is 17.0 Å². The number of nitrogens with zero attached hydrogens (tertiary/aromatic N) is 7. The van der Waals surface area contributed by atoms with Gasteiger partial charge in [0, 0.05) is 57.7 Å². The van der Waals surface area contributed by atoms with E-state index in [9.17, 15) is 9.59 Å². The van der Waals surface area contributed by atoms with Crippen LogP contribution in [0.3, 0.4) is 0 Å². The number of carbonyl (C=O) groups is 1. The van der Waals surface area contributed by atoms with Crippen LogP contribution in [0.25, 0.3) is 22.2 Å². The van der Waals surface area contributed by atoms with Crippen LogP contribution in [-0.4, -0.2) is 74.5 Å². The molecule has 0 atom stereocenters. The summed E-state index contributed by atoms with van der Waals surface area (Å²) in [7, 11) is 5.59. The Hall–Kier alpha value is -4.12. The van der Waals surface area contributed by atoms with Crippen LogP contribution in [0.2, 0.25) is 0 Å². The number of rotatable bonds is 1. The third kappa shape index (κ3) is 4.99. The number of imidazole rings is 1. The number of aromatic nitrogens is 5. The van der Waals surface area contributed by atoms with E-state index in [0.717, 1.165) is 62.2 Å². The summed E-state index contributed by atoms with van der Waals surface area (Å²) in [5.74, 6) is 0.674. The van der Waals surface area contributed by atoms with E-state index in [1.165, 1.54) is 4.57 Å². The number of hydrogen-bond acceptors (Lipinski definition) is 7. The molecule has 1 N–H and O–H groups in total. The van der Waals surface area contributed by atoms with Crippen LogP contribution in [0.15, 0.2) is 41.5 Å². The minimum atomic E-state index is -0.343. The van der Waals surface area contributed by atoms with Crippen molar-refractivity contribution in [2.45, 2.75) is 38.6 Å². The van der Waals surface area contributed by atoms with E-state index in [2.05, 4.69) is 57.8 Å². The summed E-state index contributed by atoms with van der Waals surface area (Å²) >= 11 is 0. The second kappa shape index (κ2) is 10.4. The number of ether oxygens (including phenoxy) is 1. The smallest absolute Gasteiger partial charge is 0.259 e. The summed E-state index contributed by atoms with van der Waals surface area (Å²) in [4.78, 5) is 36.6. The molecule has 4 aromatic rings. The molecule has 0 spiro atoms. The zero-order valence-corrected chi connectivity index (χ0v) is 24.5. The number of pyridine rings is 1. The van der Waals surface area contributed by atoms with Crippen LogP contribution in [0.1, 0.15) is 43.5 Å². The lowest BCUT2D eigenvalue weighted by atomic mass is 9.96. The lowest BCUT2D eigenvalue weighted by Gasteiger charge is -2.34. The zero-order valence-electron chi connectivity index (χ0n) is 24.5. The summed E-state index contributed by atoms with van der Waals surface area (Å²) < 4.78 is 11.4. The van der Waals surface area contributed by atoms with Crippen molar-refractivity contribution in [1.82, 2.24) is 28.8 Å². The molecule has 2 aliphatic rings. The van der Waals surface area contributed by atoms with Crippen LogP contribution in [0.5, 0.6) is 5.88 Å². The van der Waals surface area contributed by atoms with Gasteiger partial charge in [0.2, 0.25) is 11.8 Å². The number of anilines is 2. The van der Waals surface area contributed by atoms with Crippen molar-refractivity contribution in [3.8, 4) is 17.0 Å². The third-order valence-corrected chi connectivity index (χ3v) is 8.38. The fourth-order valence-corrected chi connectivity index (χ4v) is 5.95. The van der Waals surface area contributed by atoms with Crippen LogP contribution in [0.4, 0.5) is 11.6 Å². The molecule has 216 valence electrons. The van der Waals surface area contributed by atoms with Gasteiger partial charge in [-0.3, -0.25) is 14.9 Å². The minimum Gasteiger partial charge on any atom is -0.477 e. The SMILES string of the molecule is CN1CCN(c2ccc3nc4n(c3c2)C(C)(C)CCCCOc2c(cnn2C)-c2cc(cn(C)c2=O)C(=O)N4)CC1. The number of likely N-dealkylation sites (N-methyl/N-ethyl adjacent to an activating group) is 1. The predicted octanol–water partition coefficient (Wildman–Crippen LogP) is 3.44. The Morgan fingerprint density at radius 3 is 2.54 bits per heavy atom. The number of aryl methyl sites for hydroxylation is 2. The van der Waals surface area contributed by atoms with Gasteiger partial charge in [-0.1, -0.05) is 0 Å². The van der Waals surface area contributed by atoms with E-state index in [1.54, 1.807) is 37.2 Å².